The summed E-state index contributed by atoms with van der Waals surface area (Å²) in [7, 11) is 0. The third-order valence-corrected chi connectivity index (χ3v) is 4.34. The molecule has 1 amide bonds. The second-order valence-electron chi connectivity index (χ2n) is 6.23. The van der Waals surface area contributed by atoms with Gasteiger partial charge in [-0.3, -0.25) is 4.79 Å². The lowest BCUT2D eigenvalue weighted by Crippen LogP contribution is -2.41. The Bertz CT molecular complexity index is 640. The Balaban J connectivity index is 0.00000108. The Labute approximate surface area is 170 Å². The average Bonchev–Trinajstić information content (AvgIpc) is 3.23. The highest BCUT2D eigenvalue weighted by Crippen LogP contribution is 2.30. The molecule has 28 heavy (non-hydrogen) atoms. The Morgan fingerprint density at radius 1 is 1.32 bits per heavy atom. The zero-order valence-corrected chi connectivity index (χ0v) is 18.3. The van der Waals surface area contributed by atoms with E-state index in [-0.39, 0.29) is 17.9 Å². The van der Waals surface area contributed by atoms with Crippen LogP contribution in [0, 0.1) is 17.2 Å². The van der Waals surface area contributed by atoms with Gasteiger partial charge in [0.2, 0.25) is 5.91 Å². The number of nitrogens with zero attached hydrogens (tertiary/aromatic N) is 6. The number of hydrogen-bond acceptors (Lipinski definition) is 5. The monoisotopic (exact) mass is 388 g/mol. The average molecular weight is 389 g/mol. The van der Waals surface area contributed by atoms with Crippen LogP contribution in [-0.2, 0) is 4.79 Å². The minimum Gasteiger partial charge on any atom is -0.332 e. The van der Waals surface area contributed by atoms with Crippen LogP contribution in [0.25, 0.3) is 6.20 Å². The molecule has 0 aliphatic carbocycles. The zero-order chi connectivity index (χ0) is 21.4. The molecule has 2 rings (SSSR count). The molecule has 2 unspecified atom stereocenters. The second kappa shape index (κ2) is 15.6. The van der Waals surface area contributed by atoms with Crippen LogP contribution in [0.5, 0.6) is 0 Å². The van der Waals surface area contributed by atoms with Crippen molar-refractivity contribution in [2.24, 2.45) is 5.92 Å². The molecular weight excluding hydrogens is 352 g/mol. The van der Waals surface area contributed by atoms with Crippen LogP contribution in [-0.4, -0.2) is 37.6 Å². The van der Waals surface area contributed by atoms with E-state index in [0.29, 0.717) is 12.2 Å². The van der Waals surface area contributed by atoms with E-state index in [1.807, 2.05) is 64.7 Å². The first-order chi connectivity index (χ1) is 13.6. The summed E-state index contributed by atoms with van der Waals surface area (Å²) in [6.07, 6.45) is 11.4. The predicted molar refractivity (Wildman–Crippen MR) is 113 cm³/mol. The van der Waals surface area contributed by atoms with Gasteiger partial charge < -0.3 is 4.90 Å². The van der Waals surface area contributed by atoms with E-state index in [4.69, 9.17) is 5.26 Å². The molecule has 2 heterocycles. The topological polar surface area (TPSA) is 87.7 Å². The first-order valence-corrected chi connectivity index (χ1v) is 10.3. The number of hydrogen-bond donors (Lipinski definition) is 0. The lowest BCUT2D eigenvalue weighted by molar-refractivity contribution is -0.139. The SMILES string of the molecule is C/C=C\C.CC.CCC(C)C(=O)N1CCCCC1c1nnn(/C=C/CC#N)n1. The fourth-order valence-electron chi connectivity index (χ4n) is 2.55. The highest BCUT2D eigenvalue weighted by molar-refractivity contribution is 5.78. The van der Waals surface area contributed by atoms with Gasteiger partial charge in [0.25, 0.3) is 0 Å². The van der Waals surface area contributed by atoms with Gasteiger partial charge >= 0.3 is 0 Å². The van der Waals surface area contributed by atoms with Crippen molar-refractivity contribution in [1.29, 1.82) is 5.26 Å². The van der Waals surface area contributed by atoms with Crippen LogP contribution in [0.15, 0.2) is 18.2 Å². The lowest BCUT2D eigenvalue weighted by Gasteiger charge is -2.35. The molecule has 0 N–H and O–H groups in total. The normalized spacial score (nSPS) is 17.3. The summed E-state index contributed by atoms with van der Waals surface area (Å²) in [4.78, 5) is 15.8. The van der Waals surface area contributed by atoms with Crippen LogP contribution in [0.3, 0.4) is 0 Å². The number of nitriles is 1. The number of allylic oxidation sites excluding steroid dienone is 3. The van der Waals surface area contributed by atoms with E-state index in [1.165, 1.54) is 4.80 Å². The predicted octanol–water partition coefficient (Wildman–Crippen LogP) is 4.77. The summed E-state index contributed by atoms with van der Waals surface area (Å²) in [5.41, 5.74) is 0. The van der Waals surface area contributed by atoms with Crippen molar-refractivity contribution >= 4 is 12.1 Å². The summed E-state index contributed by atoms with van der Waals surface area (Å²) in [6, 6.07) is 1.93. The van der Waals surface area contributed by atoms with Crippen molar-refractivity contribution in [3.63, 3.8) is 0 Å². The molecular formula is C21H36N6O. The molecule has 1 aliphatic rings. The largest absolute Gasteiger partial charge is 0.332 e. The van der Waals surface area contributed by atoms with E-state index < -0.39 is 0 Å². The van der Waals surface area contributed by atoms with E-state index in [1.54, 1.807) is 12.3 Å². The molecule has 7 nitrogen and oxygen atoms in total. The standard InChI is InChI=1S/C15H22N6O.C4H8.C2H6/c1-3-12(2)15(22)20-10-6-4-8-13(20)14-17-19-21(18-14)11-7-5-9-16;1-3-4-2;1-2/h7,11-13H,3-6,8,10H2,1-2H3;3-4H,1-2H3;1-2H3/b11-7+;4-3-;. The maximum atomic E-state index is 12.5. The van der Waals surface area contributed by atoms with Gasteiger partial charge in [-0.05, 0) is 44.7 Å². The van der Waals surface area contributed by atoms with Crippen molar-refractivity contribution in [2.75, 3.05) is 6.54 Å². The molecule has 1 fully saturated rings. The van der Waals surface area contributed by atoms with Gasteiger partial charge in [0, 0.05) is 18.7 Å². The number of likely N-dealkylation sites (tertiary alicyclic amines) is 1. The molecule has 1 aromatic rings. The molecule has 2 atom stereocenters. The Kier molecular flexibility index (Phi) is 14.2. The highest BCUT2D eigenvalue weighted by atomic mass is 16.2. The summed E-state index contributed by atoms with van der Waals surface area (Å²) >= 11 is 0. The summed E-state index contributed by atoms with van der Waals surface area (Å²) in [5.74, 6) is 0.771. The van der Waals surface area contributed by atoms with Crippen molar-refractivity contribution in [3.8, 4) is 6.07 Å². The summed E-state index contributed by atoms with van der Waals surface area (Å²) in [6.45, 7) is 12.7. The molecule has 0 radical (unpaired) electrons. The van der Waals surface area contributed by atoms with Crippen LogP contribution in [0.1, 0.15) is 85.5 Å². The van der Waals surface area contributed by atoms with Crippen molar-refractivity contribution < 1.29 is 4.79 Å². The number of aromatic nitrogens is 4. The molecule has 1 saturated heterocycles. The fraction of sp³-hybridized carbons (Fsp3) is 0.667. The number of carbonyl (C=O) groups is 1. The van der Waals surface area contributed by atoms with Crippen molar-refractivity contribution in [2.45, 2.75) is 79.7 Å². The first-order valence-electron chi connectivity index (χ1n) is 10.3. The van der Waals surface area contributed by atoms with Gasteiger partial charge in [0.05, 0.1) is 18.5 Å². The van der Waals surface area contributed by atoms with Crippen LogP contribution in [0.4, 0.5) is 0 Å². The maximum Gasteiger partial charge on any atom is 0.226 e. The second-order valence-corrected chi connectivity index (χ2v) is 6.23. The zero-order valence-electron chi connectivity index (χ0n) is 18.3. The number of rotatable bonds is 5. The number of carbonyl (C=O) groups excluding carboxylic acids is 1. The van der Waals surface area contributed by atoms with Gasteiger partial charge in [-0.1, -0.05) is 45.9 Å². The van der Waals surface area contributed by atoms with Crippen LogP contribution >= 0.6 is 0 Å². The molecule has 1 aromatic heterocycles. The van der Waals surface area contributed by atoms with Gasteiger partial charge in [0.1, 0.15) is 0 Å². The van der Waals surface area contributed by atoms with Crippen molar-refractivity contribution in [3.05, 3.63) is 24.1 Å². The van der Waals surface area contributed by atoms with Crippen molar-refractivity contribution in [1.82, 2.24) is 25.1 Å². The van der Waals surface area contributed by atoms with E-state index in [0.717, 1.165) is 32.2 Å². The number of amides is 1. The van der Waals surface area contributed by atoms with E-state index in [2.05, 4.69) is 15.4 Å². The number of piperidine rings is 1. The lowest BCUT2D eigenvalue weighted by atomic mass is 9.98. The summed E-state index contributed by atoms with van der Waals surface area (Å²) < 4.78 is 0. The quantitative estimate of drug-likeness (QED) is 0.678. The van der Waals surface area contributed by atoms with Gasteiger partial charge in [-0.25, -0.2) is 0 Å². The summed E-state index contributed by atoms with van der Waals surface area (Å²) in [5, 5.41) is 20.9. The smallest absolute Gasteiger partial charge is 0.226 e. The third-order valence-electron chi connectivity index (χ3n) is 4.34. The molecule has 1 aliphatic heterocycles. The van der Waals surface area contributed by atoms with Gasteiger partial charge in [-0.15, -0.1) is 15.0 Å². The minimum atomic E-state index is -0.0895. The molecule has 7 heteroatoms. The van der Waals surface area contributed by atoms with Crippen LogP contribution < -0.4 is 0 Å². The van der Waals surface area contributed by atoms with E-state index >= 15 is 0 Å². The van der Waals surface area contributed by atoms with Gasteiger partial charge in [-0.2, -0.15) is 5.26 Å². The molecule has 0 spiro atoms. The Hall–Kier alpha value is -2.49. The van der Waals surface area contributed by atoms with E-state index in [9.17, 15) is 4.79 Å². The molecule has 156 valence electrons. The first kappa shape index (κ1) is 25.5. The number of tetrazole rings is 1. The molecule has 0 saturated carbocycles. The highest BCUT2D eigenvalue weighted by Gasteiger charge is 2.32. The Morgan fingerprint density at radius 2 is 2.00 bits per heavy atom. The molecule has 0 bridgehead atoms. The van der Waals surface area contributed by atoms with Gasteiger partial charge in [0.15, 0.2) is 5.82 Å². The Morgan fingerprint density at radius 3 is 2.57 bits per heavy atom. The fourth-order valence-corrected chi connectivity index (χ4v) is 2.55. The molecule has 0 aromatic carbocycles. The van der Waals surface area contributed by atoms with Crippen LogP contribution in [0.2, 0.25) is 0 Å². The minimum absolute atomic E-state index is 0.0196. The maximum absolute atomic E-state index is 12.5. The third kappa shape index (κ3) is 8.47.